The summed E-state index contributed by atoms with van der Waals surface area (Å²) < 4.78 is 8.86. The molecule has 0 aliphatic rings. The van der Waals surface area contributed by atoms with Gasteiger partial charge >= 0.3 is 0 Å². The Hall–Kier alpha value is -1.34. The van der Waals surface area contributed by atoms with Gasteiger partial charge in [-0.05, 0) is 17.5 Å². The molecule has 7 heteroatoms. The third-order valence-electron chi connectivity index (χ3n) is 1.86. The fourth-order valence-corrected chi connectivity index (χ4v) is 1.88. The van der Waals surface area contributed by atoms with Gasteiger partial charge in [0.1, 0.15) is 11.5 Å². The highest BCUT2D eigenvalue weighted by Crippen LogP contribution is 2.29. The van der Waals surface area contributed by atoms with E-state index in [-0.39, 0.29) is 18.3 Å². The van der Waals surface area contributed by atoms with Gasteiger partial charge in [0, 0.05) is 0 Å². The highest BCUT2D eigenvalue weighted by molar-refractivity contribution is 7.09. The van der Waals surface area contributed by atoms with Crippen LogP contribution in [0.4, 0.5) is 0 Å². The first-order valence-corrected chi connectivity index (χ1v) is 5.25. The third-order valence-corrected chi connectivity index (χ3v) is 2.59. The largest absolute Gasteiger partial charge is 0.388 e. The lowest BCUT2D eigenvalue weighted by atomic mass is 10.1. The molecule has 2 aromatic heterocycles. The van der Waals surface area contributed by atoms with Crippen molar-refractivity contribution in [3.8, 4) is 10.8 Å². The zero-order chi connectivity index (χ0) is 10.8. The van der Waals surface area contributed by atoms with Crippen LogP contribution in [0.1, 0.15) is 31.3 Å². The van der Waals surface area contributed by atoms with E-state index in [9.17, 15) is 0 Å². The predicted molar refractivity (Wildman–Crippen MR) is 53.2 cm³/mol. The van der Waals surface area contributed by atoms with Crippen molar-refractivity contribution >= 4 is 11.5 Å². The number of hydrogen-bond acceptors (Lipinski definition) is 7. The van der Waals surface area contributed by atoms with Gasteiger partial charge < -0.3 is 9.63 Å². The monoisotopic (exact) mass is 226 g/mol. The van der Waals surface area contributed by atoms with Gasteiger partial charge in [-0.25, -0.2) is 0 Å². The lowest BCUT2D eigenvalue weighted by Gasteiger charge is -1.98. The van der Waals surface area contributed by atoms with Crippen LogP contribution in [0.15, 0.2) is 4.52 Å². The van der Waals surface area contributed by atoms with E-state index in [1.807, 2.05) is 13.8 Å². The van der Waals surface area contributed by atoms with Crippen LogP contribution in [0.2, 0.25) is 0 Å². The van der Waals surface area contributed by atoms with Crippen LogP contribution in [0.25, 0.3) is 10.8 Å². The first-order valence-electron chi connectivity index (χ1n) is 4.48. The summed E-state index contributed by atoms with van der Waals surface area (Å²) in [6.07, 6.45) is 0. The van der Waals surface area contributed by atoms with Crippen LogP contribution in [-0.2, 0) is 6.61 Å². The van der Waals surface area contributed by atoms with Crippen LogP contribution in [0.3, 0.4) is 0 Å². The molecule has 0 aliphatic heterocycles. The van der Waals surface area contributed by atoms with Crippen LogP contribution in [0, 0.1) is 0 Å². The number of hydrogen-bond donors (Lipinski definition) is 1. The molecule has 0 amide bonds. The molecule has 6 nitrogen and oxygen atoms in total. The van der Waals surface area contributed by atoms with E-state index in [1.54, 1.807) is 0 Å². The van der Waals surface area contributed by atoms with Crippen molar-refractivity contribution in [3.63, 3.8) is 0 Å². The summed E-state index contributed by atoms with van der Waals surface area (Å²) in [6, 6.07) is 0. The molecule has 2 aromatic rings. The van der Waals surface area contributed by atoms with Gasteiger partial charge in [0.05, 0.1) is 5.69 Å². The fourth-order valence-electron chi connectivity index (χ4n) is 1.13. The average Bonchev–Trinajstić information content (AvgIpc) is 2.85. The molecule has 0 aliphatic carbocycles. The van der Waals surface area contributed by atoms with Gasteiger partial charge in [0.15, 0.2) is 5.82 Å². The second-order valence-electron chi connectivity index (χ2n) is 3.32. The van der Waals surface area contributed by atoms with Gasteiger partial charge in [-0.1, -0.05) is 23.5 Å². The van der Waals surface area contributed by atoms with E-state index in [0.717, 1.165) is 10.6 Å². The normalized spacial score (nSPS) is 11.2. The summed E-state index contributed by atoms with van der Waals surface area (Å²) in [4.78, 5) is 4.79. The van der Waals surface area contributed by atoms with Crippen molar-refractivity contribution in [1.29, 1.82) is 0 Å². The lowest BCUT2D eigenvalue weighted by molar-refractivity contribution is 0.264. The fraction of sp³-hybridized carbons (Fsp3) is 0.500. The van der Waals surface area contributed by atoms with E-state index in [4.69, 9.17) is 9.63 Å². The Bertz CT molecular complexity index is 451. The zero-order valence-corrected chi connectivity index (χ0v) is 9.15. The van der Waals surface area contributed by atoms with Crippen molar-refractivity contribution in [1.82, 2.24) is 19.7 Å². The van der Waals surface area contributed by atoms with Crippen LogP contribution in [-0.4, -0.2) is 24.8 Å². The maximum Gasteiger partial charge on any atom is 0.271 e. The summed E-state index contributed by atoms with van der Waals surface area (Å²) in [5.74, 6) is 0.897. The smallest absolute Gasteiger partial charge is 0.271 e. The molecule has 0 spiro atoms. The van der Waals surface area contributed by atoms with Gasteiger partial charge in [-0.15, -0.1) is 5.10 Å². The standard InChI is InChI=1S/C8H10N4O2S/c1-4(2)6-7(15-12-10-6)8-9-5(3-13)11-14-8/h4,13H,3H2,1-2H3. The maximum atomic E-state index is 8.81. The lowest BCUT2D eigenvalue weighted by Crippen LogP contribution is -1.91. The minimum atomic E-state index is -0.229. The van der Waals surface area contributed by atoms with Gasteiger partial charge in [0.25, 0.3) is 5.89 Å². The topological polar surface area (TPSA) is 84.9 Å². The highest BCUT2D eigenvalue weighted by Gasteiger charge is 2.18. The number of aliphatic hydroxyl groups is 1. The van der Waals surface area contributed by atoms with Crippen molar-refractivity contribution in [2.24, 2.45) is 0 Å². The Morgan fingerprint density at radius 2 is 2.27 bits per heavy atom. The predicted octanol–water partition coefficient (Wildman–Crippen LogP) is 1.20. The van der Waals surface area contributed by atoms with Crippen LogP contribution in [0.5, 0.6) is 0 Å². The molecule has 15 heavy (non-hydrogen) atoms. The number of aromatic nitrogens is 4. The van der Waals surface area contributed by atoms with E-state index < -0.39 is 0 Å². The van der Waals surface area contributed by atoms with E-state index in [0.29, 0.717) is 5.89 Å². The van der Waals surface area contributed by atoms with E-state index in [1.165, 1.54) is 11.5 Å². The number of nitrogens with zero attached hydrogens (tertiary/aromatic N) is 4. The van der Waals surface area contributed by atoms with Gasteiger partial charge in [0.2, 0.25) is 0 Å². The first-order chi connectivity index (χ1) is 7.22. The Balaban J connectivity index is 2.40. The molecule has 2 rings (SSSR count). The van der Waals surface area contributed by atoms with E-state index in [2.05, 4.69) is 19.7 Å². The second kappa shape index (κ2) is 4.03. The molecular weight excluding hydrogens is 216 g/mol. The molecule has 80 valence electrons. The average molecular weight is 226 g/mol. The molecule has 0 radical (unpaired) electrons. The summed E-state index contributed by atoms with van der Waals surface area (Å²) in [5.41, 5.74) is 0.841. The Morgan fingerprint density at radius 1 is 1.47 bits per heavy atom. The van der Waals surface area contributed by atoms with E-state index >= 15 is 0 Å². The first kappa shape index (κ1) is 10.2. The quantitative estimate of drug-likeness (QED) is 0.846. The summed E-state index contributed by atoms with van der Waals surface area (Å²) >= 11 is 1.22. The van der Waals surface area contributed by atoms with Gasteiger partial charge in [-0.3, -0.25) is 0 Å². The molecule has 1 N–H and O–H groups in total. The van der Waals surface area contributed by atoms with Crippen LogP contribution >= 0.6 is 11.5 Å². The maximum absolute atomic E-state index is 8.81. The minimum Gasteiger partial charge on any atom is -0.388 e. The van der Waals surface area contributed by atoms with Crippen molar-refractivity contribution in [2.45, 2.75) is 26.4 Å². The Labute approximate surface area is 90.1 Å². The van der Waals surface area contributed by atoms with Crippen LogP contribution < -0.4 is 0 Å². The molecule has 0 unspecified atom stereocenters. The zero-order valence-electron chi connectivity index (χ0n) is 8.34. The summed E-state index contributed by atoms with van der Waals surface area (Å²) in [7, 11) is 0. The Kier molecular flexibility index (Phi) is 2.74. The molecule has 0 saturated carbocycles. The van der Waals surface area contributed by atoms with Gasteiger partial charge in [-0.2, -0.15) is 4.98 Å². The molecule has 0 saturated heterocycles. The second-order valence-corrected chi connectivity index (χ2v) is 4.07. The molecule has 0 aromatic carbocycles. The molecule has 0 fully saturated rings. The molecule has 0 bridgehead atoms. The SMILES string of the molecule is CC(C)c1nnsc1-c1nc(CO)no1. The molecule has 0 atom stereocenters. The summed E-state index contributed by atoms with van der Waals surface area (Å²) in [5, 5.41) is 16.4. The van der Waals surface area contributed by atoms with Crippen molar-refractivity contribution in [2.75, 3.05) is 0 Å². The number of aliphatic hydroxyl groups excluding tert-OH is 1. The van der Waals surface area contributed by atoms with Crippen molar-refractivity contribution < 1.29 is 9.63 Å². The summed E-state index contributed by atoms with van der Waals surface area (Å²) in [6.45, 7) is 3.81. The molecule has 2 heterocycles. The molecular formula is C8H10N4O2S. The number of rotatable bonds is 3. The highest BCUT2D eigenvalue weighted by atomic mass is 32.1. The van der Waals surface area contributed by atoms with Crippen molar-refractivity contribution in [3.05, 3.63) is 11.5 Å². The third kappa shape index (κ3) is 1.88. The Morgan fingerprint density at radius 3 is 2.87 bits per heavy atom. The minimum absolute atomic E-state index is 0.229.